The van der Waals surface area contributed by atoms with E-state index in [4.69, 9.17) is 25.5 Å². The molecule has 0 saturated heterocycles. The summed E-state index contributed by atoms with van der Waals surface area (Å²) in [5.74, 6) is -5.80. The van der Waals surface area contributed by atoms with Gasteiger partial charge in [-0.2, -0.15) is 0 Å². The molecule has 1 aliphatic rings. The lowest BCUT2D eigenvalue weighted by atomic mass is 10.0. The number of carboxylic acid groups (broad SMARTS) is 2. The van der Waals surface area contributed by atoms with Crippen LogP contribution in [0.3, 0.4) is 0 Å². The number of hydrogen-bond donors (Lipinski definition) is 6. The van der Waals surface area contributed by atoms with E-state index in [1.807, 2.05) is 0 Å². The van der Waals surface area contributed by atoms with Gasteiger partial charge in [0.15, 0.2) is 6.10 Å². The first kappa shape index (κ1) is 12.5. The van der Waals surface area contributed by atoms with E-state index in [2.05, 4.69) is 0 Å². The van der Waals surface area contributed by atoms with E-state index in [9.17, 15) is 19.5 Å². The van der Waals surface area contributed by atoms with E-state index in [1.165, 1.54) is 0 Å². The molecule has 0 amide bonds. The normalized spacial score (nSPS) is 36.6. The highest BCUT2D eigenvalue weighted by Crippen LogP contribution is 2.46. The molecule has 1 aliphatic carbocycles. The Morgan fingerprint density at radius 1 is 1.12 bits per heavy atom. The Bertz CT molecular complexity index is 376. The van der Waals surface area contributed by atoms with E-state index >= 15 is 0 Å². The van der Waals surface area contributed by atoms with Crippen LogP contribution in [-0.4, -0.2) is 71.8 Å². The Morgan fingerprint density at radius 3 is 1.81 bits per heavy atom. The molecule has 1 rings (SSSR count). The summed E-state index contributed by atoms with van der Waals surface area (Å²) in [5, 5.41) is 53.1. The largest absolute Gasteiger partial charge is 0.479 e. The molecule has 9 heteroatoms. The zero-order valence-corrected chi connectivity index (χ0v) is 7.56. The highest BCUT2D eigenvalue weighted by Gasteiger charge is 2.86. The van der Waals surface area contributed by atoms with Crippen LogP contribution in [0.15, 0.2) is 0 Å². The lowest BCUT2D eigenvalue weighted by Gasteiger charge is -2.19. The van der Waals surface area contributed by atoms with Crippen LogP contribution in [0.4, 0.5) is 0 Å². The van der Waals surface area contributed by atoms with Gasteiger partial charge < -0.3 is 30.6 Å². The molecule has 6 N–H and O–H groups in total. The molecule has 0 spiro atoms. The molecule has 0 aromatic rings. The van der Waals surface area contributed by atoms with Crippen molar-refractivity contribution >= 4 is 17.7 Å². The molecular weight excluding hydrogens is 228 g/mol. The number of Topliss-reactive ketones (excluding diaryl/α,β-unsaturated/α-hetero) is 1. The zero-order chi connectivity index (χ0) is 12.9. The van der Waals surface area contributed by atoms with E-state index in [1.54, 1.807) is 0 Å². The van der Waals surface area contributed by atoms with E-state index in [-0.39, 0.29) is 0 Å². The van der Waals surface area contributed by atoms with Crippen molar-refractivity contribution in [2.24, 2.45) is 0 Å². The summed E-state index contributed by atoms with van der Waals surface area (Å²) in [6.45, 7) is 0. The van der Waals surface area contributed by atoms with Crippen molar-refractivity contribution < 1.29 is 45.0 Å². The Hall–Kier alpha value is -1.55. The van der Waals surface area contributed by atoms with E-state index < -0.39 is 41.1 Å². The molecule has 0 aromatic carbocycles. The molecule has 1 saturated carbocycles. The van der Waals surface area contributed by atoms with Gasteiger partial charge in [-0.25, -0.2) is 9.59 Å². The van der Waals surface area contributed by atoms with Gasteiger partial charge >= 0.3 is 11.9 Å². The van der Waals surface area contributed by atoms with Crippen LogP contribution in [0.2, 0.25) is 0 Å². The predicted octanol–water partition coefficient (Wildman–Crippen LogP) is -4.08. The molecule has 0 heterocycles. The molecule has 0 aliphatic heterocycles. The van der Waals surface area contributed by atoms with Crippen LogP contribution in [0.5, 0.6) is 0 Å². The summed E-state index contributed by atoms with van der Waals surface area (Å²) >= 11 is 0. The molecule has 9 nitrogen and oxygen atoms in total. The monoisotopic (exact) mass is 236 g/mol. The molecule has 0 bridgehead atoms. The number of carboxylic acids is 2. The number of aliphatic hydroxyl groups is 4. The Balaban J connectivity index is 3.03. The summed E-state index contributed by atoms with van der Waals surface area (Å²) in [4.78, 5) is 31.6. The molecule has 90 valence electrons. The van der Waals surface area contributed by atoms with Crippen LogP contribution < -0.4 is 0 Å². The molecular formula is C7H8O9. The van der Waals surface area contributed by atoms with Gasteiger partial charge in [-0.3, -0.25) is 4.79 Å². The Morgan fingerprint density at radius 2 is 1.56 bits per heavy atom. The maximum Gasteiger partial charge on any atom is 0.347 e. The van der Waals surface area contributed by atoms with Crippen molar-refractivity contribution in [1.29, 1.82) is 0 Å². The number of aliphatic carboxylic acids is 2. The Labute approximate surface area is 87.2 Å². The third-order valence-corrected chi connectivity index (χ3v) is 2.45. The number of hydrogen-bond acceptors (Lipinski definition) is 7. The molecule has 1 fully saturated rings. The average Bonchev–Trinajstić information content (AvgIpc) is 2.65. The van der Waals surface area contributed by atoms with Crippen LogP contribution >= 0.6 is 0 Å². The van der Waals surface area contributed by atoms with Crippen LogP contribution in [-0.2, 0) is 14.4 Å². The highest BCUT2D eigenvalue weighted by molar-refractivity contribution is 6.28. The van der Waals surface area contributed by atoms with Crippen LogP contribution in [0.25, 0.3) is 0 Å². The first-order valence-corrected chi connectivity index (χ1v) is 3.93. The second kappa shape index (κ2) is 3.22. The van der Waals surface area contributed by atoms with Crippen molar-refractivity contribution in [1.82, 2.24) is 0 Å². The minimum Gasteiger partial charge on any atom is -0.479 e. The van der Waals surface area contributed by atoms with Crippen LogP contribution in [0.1, 0.15) is 0 Å². The lowest BCUT2D eigenvalue weighted by molar-refractivity contribution is -0.172. The van der Waals surface area contributed by atoms with Gasteiger partial charge in [-0.15, -0.1) is 0 Å². The van der Waals surface area contributed by atoms with Gasteiger partial charge in [0.05, 0.1) is 0 Å². The predicted molar refractivity (Wildman–Crippen MR) is 42.2 cm³/mol. The minimum absolute atomic E-state index is 1.68. The van der Waals surface area contributed by atoms with Crippen molar-refractivity contribution in [2.45, 2.75) is 23.4 Å². The first-order valence-electron chi connectivity index (χ1n) is 3.93. The summed E-state index contributed by atoms with van der Waals surface area (Å²) < 4.78 is 0. The van der Waals surface area contributed by atoms with Gasteiger partial charge in [0.2, 0.25) is 11.4 Å². The number of carbonyl (C=O) groups is 3. The fourth-order valence-electron chi connectivity index (χ4n) is 1.34. The smallest absolute Gasteiger partial charge is 0.347 e. The van der Waals surface area contributed by atoms with Crippen molar-refractivity contribution in [3.05, 3.63) is 0 Å². The second-order valence-corrected chi connectivity index (χ2v) is 3.34. The lowest BCUT2D eigenvalue weighted by Crippen LogP contribution is -2.50. The Kier molecular flexibility index (Phi) is 2.52. The molecule has 4 unspecified atom stereocenters. The average molecular weight is 236 g/mol. The number of carbonyl (C=O) groups excluding carboxylic acids is 1. The molecule has 0 radical (unpaired) electrons. The van der Waals surface area contributed by atoms with Gasteiger partial charge in [0.25, 0.3) is 5.60 Å². The number of rotatable bonds is 4. The SMILES string of the molecule is O=C(O)C(O)C(O)C1(O)C(=O)C1(O)C(=O)O. The van der Waals surface area contributed by atoms with Crippen LogP contribution in [0, 0.1) is 0 Å². The topological polar surface area (TPSA) is 173 Å². The fourth-order valence-corrected chi connectivity index (χ4v) is 1.34. The summed E-state index contributed by atoms with van der Waals surface area (Å²) in [6, 6.07) is 0. The van der Waals surface area contributed by atoms with E-state index in [0.717, 1.165) is 0 Å². The second-order valence-electron chi connectivity index (χ2n) is 3.34. The van der Waals surface area contributed by atoms with E-state index in [0.29, 0.717) is 0 Å². The summed E-state index contributed by atoms with van der Waals surface area (Å²) in [7, 11) is 0. The van der Waals surface area contributed by atoms with Crippen molar-refractivity contribution in [3.8, 4) is 0 Å². The third kappa shape index (κ3) is 1.16. The molecule has 16 heavy (non-hydrogen) atoms. The summed E-state index contributed by atoms with van der Waals surface area (Å²) in [6.07, 6.45) is -5.24. The minimum atomic E-state index is -3.29. The van der Waals surface area contributed by atoms with Gasteiger partial charge in [-0.1, -0.05) is 0 Å². The van der Waals surface area contributed by atoms with Gasteiger partial charge in [-0.05, 0) is 0 Å². The number of ketones is 1. The van der Waals surface area contributed by atoms with Gasteiger partial charge in [0.1, 0.15) is 6.10 Å². The van der Waals surface area contributed by atoms with Crippen molar-refractivity contribution in [2.75, 3.05) is 0 Å². The van der Waals surface area contributed by atoms with Gasteiger partial charge in [0, 0.05) is 0 Å². The maximum absolute atomic E-state index is 10.9. The summed E-state index contributed by atoms with van der Waals surface area (Å²) in [5.41, 5.74) is -6.50. The quantitative estimate of drug-likeness (QED) is 0.265. The molecule has 4 atom stereocenters. The first-order chi connectivity index (χ1) is 7.11. The third-order valence-electron chi connectivity index (χ3n) is 2.45. The zero-order valence-electron chi connectivity index (χ0n) is 7.56. The number of aliphatic hydroxyl groups excluding tert-OH is 2. The maximum atomic E-state index is 10.9. The molecule has 0 aromatic heterocycles. The standard InChI is InChI=1S/C7H8O9/c8-1(3(10)11)2(9)6(15)4(12)7(6,16)5(13)14/h1-2,8-9,15-16H,(H,10,11)(H,13,14). The fraction of sp³-hybridized carbons (Fsp3) is 0.571. The highest BCUT2D eigenvalue weighted by atomic mass is 16.5. The van der Waals surface area contributed by atoms with Crippen molar-refractivity contribution in [3.63, 3.8) is 0 Å².